The fourth-order valence-corrected chi connectivity index (χ4v) is 2.58. The molecule has 4 rings (SSSR count). The number of hydrogen-bond donors (Lipinski definition) is 2. The number of nitrogen functional groups attached to an aromatic ring is 2. The van der Waals surface area contributed by atoms with Crippen molar-refractivity contribution in [2.24, 2.45) is 0 Å². The third-order valence-corrected chi connectivity index (χ3v) is 3.66. The first-order valence-electron chi connectivity index (χ1n) is 7.16. The molecule has 4 aromatic rings. The molecule has 23 heavy (non-hydrogen) atoms. The Labute approximate surface area is 132 Å². The first-order valence-corrected chi connectivity index (χ1v) is 7.16. The van der Waals surface area contributed by atoms with Crippen molar-refractivity contribution in [2.75, 3.05) is 11.6 Å². The lowest BCUT2D eigenvalue weighted by Gasteiger charge is -2.04. The van der Waals surface area contributed by atoms with E-state index in [2.05, 4.69) is 15.1 Å². The number of anilines is 1. The van der Waals surface area contributed by atoms with Gasteiger partial charge in [0, 0.05) is 11.1 Å². The summed E-state index contributed by atoms with van der Waals surface area (Å²) in [4.78, 5) is 10.2. The molecule has 2 aromatic heterocycles. The smallest absolute Gasteiger partial charge is 0.186 e. The van der Waals surface area contributed by atoms with E-state index in [1.807, 2.05) is 60.7 Å². The number of aromatic nitrogens is 4. The van der Waals surface area contributed by atoms with Crippen molar-refractivity contribution < 1.29 is 0 Å². The Bertz CT molecular complexity index is 976. The Morgan fingerprint density at radius 1 is 0.783 bits per heavy atom. The Morgan fingerprint density at radius 2 is 1.39 bits per heavy atom. The zero-order chi connectivity index (χ0) is 15.8. The van der Waals surface area contributed by atoms with Crippen molar-refractivity contribution >= 4 is 16.9 Å². The standard InChI is InChI=1S/C17H14N6/c18-15-13-14(11-7-3-1-4-8-11)22-23(19)17(13)21-16(20-15)12-9-5-2-6-10-12/h1-10H,19H2,(H2,18,20,21). The highest BCUT2D eigenvalue weighted by molar-refractivity contribution is 5.99. The number of nitrogens with two attached hydrogens (primary N) is 2. The van der Waals surface area contributed by atoms with Crippen LogP contribution in [0.1, 0.15) is 0 Å². The average molecular weight is 302 g/mol. The van der Waals surface area contributed by atoms with Crippen molar-refractivity contribution in [2.45, 2.75) is 0 Å². The van der Waals surface area contributed by atoms with E-state index in [0.717, 1.165) is 11.1 Å². The minimum Gasteiger partial charge on any atom is -0.383 e. The molecule has 4 N–H and O–H groups in total. The Kier molecular flexibility index (Phi) is 2.94. The van der Waals surface area contributed by atoms with Crippen molar-refractivity contribution in [1.82, 2.24) is 19.9 Å². The largest absolute Gasteiger partial charge is 0.383 e. The highest BCUT2D eigenvalue weighted by atomic mass is 15.5. The molecule has 6 heteroatoms. The van der Waals surface area contributed by atoms with Crippen LogP contribution in [0.5, 0.6) is 0 Å². The van der Waals surface area contributed by atoms with Crippen LogP contribution in [-0.2, 0) is 0 Å². The van der Waals surface area contributed by atoms with Crippen LogP contribution in [0.4, 0.5) is 5.82 Å². The highest BCUT2D eigenvalue weighted by Gasteiger charge is 2.18. The zero-order valence-corrected chi connectivity index (χ0v) is 12.2. The normalized spacial score (nSPS) is 11.0. The lowest BCUT2D eigenvalue weighted by molar-refractivity contribution is 0.853. The molecular weight excluding hydrogens is 288 g/mol. The minimum absolute atomic E-state index is 0.365. The zero-order valence-electron chi connectivity index (χ0n) is 12.2. The molecule has 0 spiro atoms. The summed E-state index contributed by atoms with van der Waals surface area (Å²) in [5, 5.41) is 5.03. The topological polar surface area (TPSA) is 95.6 Å². The van der Waals surface area contributed by atoms with Crippen LogP contribution in [0.3, 0.4) is 0 Å². The molecule has 0 aliphatic carbocycles. The van der Waals surface area contributed by atoms with Crippen LogP contribution < -0.4 is 11.6 Å². The predicted molar refractivity (Wildman–Crippen MR) is 90.8 cm³/mol. The fourth-order valence-electron chi connectivity index (χ4n) is 2.58. The van der Waals surface area contributed by atoms with E-state index < -0.39 is 0 Å². The Hall–Kier alpha value is -3.41. The summed E-state index contributed by atoms with van der Waals surface area (Å²) in [6, 6.07) is 19.4. The van der Waals surface area contributed by atoms with E-state index in [9.17, 15) is 0 Å². The monoisotopic (exact) mass is 302 g/mol. The van der Waals surface area contributed by atoms with Gasteiger partial charge in [-0.25, -0.2) is 9.97 Å². The second-order valence-electron chi connectivity index (χ2n) is 5.16. The molecule has 0 unspecified atom stereocenters. The molecule has 112 valence electrons. The van der Waals surface area contributed by atoms with Gasteiger partial charge in [0.1, 0.15) is 11.5 Å². The van der Waals surface area contributed by atoms with Gasteiger partial charge in [0.25, 0.3) is 0 Å². The van der Waals surface area contributed by atoms with Gasteiger partial charge in [0.05, 0.1) is 5.39 Å². The molecule has 0 saturated carbocycles. The summed E-state index contributed by atoms with van der Waals surface area (Å²) >= 11 is 0. The predicted octanol–water partition coefficient (Wildman–Crippen LogP) is 2.46. The third-order valence-electron chi connectivity index (χ3n) is 3.66. The van der Waals surface area contributed by atoms with E-state index in [1.165, 1.54) is 4.79 Å². The molecule has 6 nitrogen and oxygen atoms in total. The maximum absolute atomic E-state index is 6.19. The minimum atomic E-state index is 0.365. The highest BCUT2D eigenvalue weighted by Crippen LogP contribution is 2.31. The lowest BCUT2D eigenvalue weighted by atomic mass is 10.1. The summed E-state index contributed by atoms with van der Waals surface area (Å²) < 4.78 is 0. The van der Waals surface area contributed by atoms with Crippen LogP contribution in [-0.4, -0.2) is 19.9 Å². The van der Waals surface area contributed by atoms with Crippen molar-refractivity contribution in [3.63, 3.8) is 0 Å². The lowest BCUT2D eigenvalue weighted by Crippen LogP contribution is -2.11. The maximum Gasteiger partial charge on any atom is 0.186 e. The van der Waals surface area contributed by atoms with E-state index in [1.54, 1.807) is 0 Å². The molecule has 2 aromatic carbocycles. The molecule has 0 aliphatic heterocycles. The fraction of sp³-hybridized carbons (Fsp3) is 0. The second kappa shape index (κ2) is 5.10. The van der Waals surface area contributed by atoms with Gasteiger partial charge in [-0.3, -0.25) is 0 Å². The summed E-state index contributed by atoms with van der Waals surface area (Å²) in [5.41, 5.74) is 9.18. The van der Waals surface area contributed by atoms with E-state index in [0.29, 0.717) is 28.4 Å². The second-order valence-corrected chi connectivity index (χ2v) is 5.16. The van der Waals surface area contributed by atoms with Crippen molar-refractivity contribution in [1.29, 1.82) is 0 Å². The maximum atomic E-state index is 6.19. The van der Waals surface area contributed by atoms with Crippen LogP contribution >= 0.6 is 0 Å². The number of fused-ring (bicyclic) bond motifs is 1. The number of benzene rings is 2. The van der Waals surface area contributed by atoms with Gasteiger partial charge in [-0.2, -0.15) is 4.79 Å². The Morgan fingerprint density at radius 3 is 2.04 bits per heavy atom. The summed E-state index contributed by atoms with van der Waals surface area (Å²) in [6.07, 6.45) is 0. The third kappa shape index (κ3) is 2.17. The number of hydrogen-bond acceptors (Lipinski definition) is 5. The van der Waals surface area contributed by atoms with Gasteiger partial charge in [-0.1, -0.05) is 60.7 Å². The molecule has 2 heterocycles. The van der Waals surface area contributed by atoms with Crippen LogP contribution in [0.2, 0.25) is 0 Å². The number of nitrogens with zero attached hydrogens (tertiary/aromatic N) is 4. The SMILES string of the molecule is Nc1nc(-c2ccccc2)nc2c1c(-c1ccccc1)nn2N. The molecule has 0 aliphatic rings. The van der Waals surface area contributed by atoms with E-state index in [-0.39, 0.29) is 0 Å². The average Bonchev–Trinajstić information content (AvgIpc) is 2.94. The van der Waals surface area contributed by atoms with Crippen LogP contribution in [0, 0.1) is 0 Å². The van der Waals surface area contributed by atoms with Crippen LogP contribution in [0.15, 0.2) is 60.7 Å². The summed E-state index contributed by atoms with van der Waals surface area (Å²) in [6.45, 7) is 0. The van der Waals surface area contributed by atoms with E-state index in [4.69, 9.17) is 11.6 Å². The van der Waals surface area contributed by atoms with Crippen LogP contribution in [0.25, 0.3) is 33.7 Å². The van der Waals surface area contributed by atoms with Gasteiger partial charge in [0.15, 0.2) is 11.5 Å². The molecule has 0 amide bonds. The van der Waals surface area contributed by atoms with E-state index >= 15 is 0 Å². The Balaban J connectivity index is 1.98. The van der Waals surface area contributed by atoms with Crippen molar-refractivity contribution in [3.05, 3.63) is 60.7 Å². The van der Waals surface area contributed by atoms with Gasteiger partial charge in [-0.05, 0) is 0 Å². The van der Waals surface area contributed by atoms with Gasteiger partial charge in [0.2, 0.25) is 0 Å². The molecule has 0 radical (unpaired) electrons. The molecular formula is C17H14N6. The quantitative estimate of drug-likeness (QED) is 0.554. The molecule has 0 bridgehead atoms. The number of rotatable bonds is 2. The van der Waals surface area contributed by atoms with Gasteiger partial charge < -0.3 is 11.6 Å². The first-order chi connectivity index (χ1) is 11.2. The summed E-state index contributed by atoms with van der Waals surface area (Å²) in [5.74, 6) is 6.88. The molecule has 0 fully saturated rings. The first kappa shape index (κ1) is 13.3. The summed E-state index contributed by atoms with van der Waals surface area (Å²) in [7, 11) is 0. The molecule has 0 saturated heterocycles. The molecule has 0 atom stereocenters. The van der Waals surface area contributed by atoms with Gasteiger partial charge in [-0.15, -0.1) is 5.10 Å². The van der Waals surface area contributed by atoms with Gasteiger partial charge >= 0.3 is 0 Å². The van der Waals surface area contributed by atoms with Crippen molar-refractivity contribution in [3.8, 4) is 22.6 Å².